The minimum atomic E-state index is 0.0335. The van der Waals surface area contributed by atoms with Crippen molar-refractivity contribution >= 4 is 5.90 Å². The lowest BCUT2D eigenvalue weighted by molar-refractivity contribution is 0.258. The zero-order valence-corrected chi connectivity index (χ0v) is 8.31. The van der Waals surface area contributed by atoms with Crippen molar-refractivity contribution in [3.8, 4) is 0 Å². The quantitative estimate of drug-likeness (QED) is 0.590. The van der Waals surface area contributed by atoms with E-state index in [0.29, 0.717) is 0 Å². The van der Waals surface area contributed by atoms with Crippen LogP contribution in [0.15, 0.2) is 41.1 Å². The van der Waals surface area contributed by atoms with E-state index in [9.17, 15) is 0 Å². The van der Waals surface area contributed by atoms with E-state index in [1.165, 1.54) is 0 Å². The predicted molar refractivity (Wildman–Crippen MR) is 55.1 cm³/mol. The molecule has 0 aromatic rings. The third-order valence-electron chi connectivity index (χ3n) is 2.36. The van der Waals surface area contributed by atoms with Crippen molar-refractivity contribution < 1.29 is 9.47 Å². The molecule has 2 aliphatic heterocycles. The first-order valence-electron chi connectivity index (χ1n) is 4.57. The van der Waals surface area contributed by atoms with Gasteiger partial charge in [0.2, 0.25) is 0 Å². The molecule has 0 fully saturated rings. The molecule has 0 aromatic carbocycles. The average molecular weight is 191 g/mol. The Balaban J connectivity index is 2.40. The molecule has 0 unspecified atom stereocenters. The fourth-order valence-electron chi connectivity index (χ4n) is 1.64. The maximum absolute atomic E-state index is 5.28. The highest BCUT2D eigenvalue weighted by Gasteiger charge is 2.25. The van der Waals surface area contributed by atoms with Gasteiger partial charge in [0.15, 0.2) is 5.90 Å². The number of nitrogens with zero attached hydrogens (tertiary/aromatic N) is 1. The van der Waals surface area contributed by atoms with Crippen molar-refractivity contribution in [1.82, 2.24) is 0 Å². The van der Waals surface area contributed by atoms with Gasteiger partial charge < -0.3 is 9.47 Å². The highest BCUT2D eigenvalue weighted by molar-refractivity contribution is 5.84. The summed E-state index contributed by atoms with van der Waals surface area (Å²) < 4.78 is 10.5. The van der Waals surface area contributed by atoms with Gasteiger partial charge in [-0.05, 0) is 6.08 Å². The molecule has 74 valence electrons. The molecule has 3 nitrogen and oxygen atoms in total. The topological polar surface area (TPSA) is 30.8 Å². The van der Waals surface area contributed by atoms with Crippen molar-refractivity contribution in [2.24, 2.45) is 10.9 Å². The van der Waals surface area contributed by atoms with Crippen molar-refractivity contribution in [3.05, 3.63) is 36.1 Å². The number of ether oxygens (including phenoxy) is 2. The van der Waals surface area contributed by atoms with E-state index in [1.54, 1.807) is 14.2 Å². The van der Waals surface area contributed by atoms with Crippen molar-refractivity contribution in [2.45, 2.75) is 6.04 Å². The van der Waals surface area contributed by atoms with Gasteiger partial charge in [-0.15, -0.1) is 0 Å². The fourth-order valence-corrected chi connectivity index (χ4v) is 1.64. The minimum absolute atomic E-state index is 0.0335. The van der Waals surface area contributed by atoms with Crippen LogP contribution in [0, 0.1) is 5.92 Å². The Bertz CT molecular complexity index is 339. The van der Waals surface area contributed by atoms with E-state index in [2.05, 4.69) is 17.1 Å². The molecule has 0 saturated heterocycles. The van der Waals surface area contributed by atoms with E-state index in [4.69, 9.17) is 9.47 Å². The van der Waals surface area contributed by atoms with Crippen molar-refractivity contribution in [1.29, 1.82) is 0 Å². The van der Waals surface area contributed by atoms with Crippen LogP contribution in [-0.2, 0) is 9.47 Å². The van der Waals surface area contributed by atoms with Crippen LogP contribution in [0.25, 0.3) is 0 Å². The van der Waals surface area contributed by atoms with Gasteiger partial charge in [0.05, 0.1) is 20.3 Å². The highest BCUT2D eigenvalue weighted by atomic mass is 16.5. The Hall–Kier alpha value is -1.51. The summed E-state index contributed by atoms with van der Waals surface area (Å²) in [5.74, 6) is 1.61. The van der Waals surface area contributed by atoms with Crippen molar-refractivity contribution in [3.63, 3.8) is 0 Å². The molecule has 3 aliphatic rings. The van der Waals surface area contributed by atoms with Gasteiger partial charge in [-0.25, -0.2) is 4.99 Å². The molecule has 0 amide bonds. The number of aliphatic imine (C=N–C) groups is 1. The maximum atomic E-state index is 5.28. The summed E-state index contributed by atoms with van der Waals surface area (Å²) in [5, 5.41) is 0. The molecule has 3 heteroatoms. The van der Waals surface area contributed by atoms with Gasteiger partial charge in [0, 0.05) is 0 Å². The highest BCUT2D eigenvalue weighted by Crippen LogP contribution is 2.24. The zero-order chi connectivity index (χ0) is 9.97. The lowest BCUT2D eigenvalue weighted by atomic mass is 9.99. The molecule has 0 N–H and O–H groups in total. The number of allylic oxidation sites excluding steroid dienone is 2. The van der Waals surface area contributed by atoms with Crippen LogP contribution in [0.3, 0.4) is 0 Å². The second-order valence-corrected chi connectivity index (χ2v) is 3.18. The summed E-state index contributed by atoms with van der Waals surface area (Å²) in [6.45, 7) is 0. The van der Waals surface area contributed by atoms with Gasteiger partial charge in [-0.3, -0.25) is 0 Å². The fraction of sp³-hybridized carbons (Fsp3) is 0.364. The summed E-state index contributed by atoms with van der Waals surface area (Å²) in [6.07, 6.45) is 10.0. The largest absolute Gasteiger partial charge is 0.500 e. The smallest absolute Gasteiger partial charge is 0.198 e. The van der Waals surface area contributed by atoms with E-state index in [0.717, 1.165) is 11.7 Å². The Morgan fingerprint density at radius 1 is 1.14 bits per heavy atom. The summed E-state index contributed by atoms with van der Waals surface area (Å²) in [4.78, 5) is 4.42. The molecule has 2 bridgehead atoms. The van der Waals surface area contributed by atoms with Crippen LogP contribution in [0.1, 0.15) is 0 Å². The normalized spacial score (nSPS) is 29.0. The standard InChI is InChI=1S/C11H13NO2/c1-13-10-5-3-4-8-6-7-9(10)11(12-8)14-2/h3-9H,1-2H3/t8-,9-/m0/s1. The molecular weight excluding hydrogens is 178 g/mol. The lowest BCUT2D eigenvalue weighted by Crippen LogP contribution is -2.24. The van der Waals surface area contributed by atoms with Gasteiger partial charge >= 0.3 is 0 Å². The van der Waals surface area contributed by atoms with E-state index in [-0.39, 0.29) is 12.0 Å². The summed E-state index contributed by atoms with van der Waals surface area (Å²) >= 11 is 0. The van der Waals surface area contributed by atoms with E-state index in [1.807, 2.05) is 18.2 Å². The van der Waals surface area contributed by atoms with Gasteiger partial charge in [0.25, 0.3) is 0 Å². The first-order valence-corrected chi connectivity index (χ1v) is 4.57. The number of fused-ring (bicyclic) bond motifs is 1. The molecule has 0 aromatic heterocycles. The maximum Gasteiger partial charge on any atom is 0.198 e. The van der Waals surface area contributed by atoms with Crippen LogP contribution in [-0.4, -0.2) is 26.2 Å². The van der Waals surface area contributed by atoms with Gasteiger partial charge in [-0.1, -0.05) is 24.3 Å². The Kier molecular flexibility index (Phi) is 2.39. The first-order chi connectivity index (χ1) is 6.85. The summed E-state index contributed by atoms with van der Waals surface area (Å²) in [7, 11) is 3.30. The van der Waals surface area contributed by atoms with Crippen LogP contribution in [0.2, 0.25) is 0 Å². The summed E-state index contributed by atoms with van der Waals surface area (Å²) in [5.41, 5.74) is 0. The van der Waals surface area contributed by atoms with E-state index >= 15 is 0 Å². The zero-order valence-electron chi connectivity index (χ0n) is 8.31. The van der Waals surface area contributed by atoms with Crippen molar-refractivity contribution in [2.75, 3.05) is 14.2 Å². The van der Waals surface area contributed by atoms with Crippen LogP contribution >= 0.6 is 0 Å². The van der Waals surface area contributed by atoms with E-state index < -0.39 is 0 Å². The number of rotatable bonds is 1. The Labute approximate surface area is 83.4 Å². The number of dihydropyridines is 1. The number of methoxy groups -OCH3 is 2. The number of hydrogen-bond donors (Lipinski definition) is 0. The Morgan fingerprint density at radius 3 is 2.71 bits per heavy atom. The third-order valence-corrected chi connectivity index (χ3v) is 2.36. The second kappa shape index (κ2) is 3.70. The molecule has 0 radical (unpaired) electrons. The molecule has 3 rings (SSSR count). The van der Waals surface area contributed by atoms with Crippen LogP contribution in [0.4, 0.5) is 0 Å². The second-order valence-electron chi connectivity index (χ2n) is 3.18. The van der Waals surface area contributed by atoms with Crippen LogP contribution < -0.4 is 0 Å². The lowest BCUT2D eigenvalue weighted by Gasteiger charge is -2.23. The average Bonchev–Trinajstić information content (AvgIpc) is 2.19. The molecule has 2 atom stereocenters. The monoisotopic (exact) mass is 191 g/mol. The third kappa shape index (κ3) is 1.45. The molecular formula is C11H13NO2. The predicted octanol–water partition coefficient (Wildman–Crippen LogP) is 1.69. The SMILES string of the molecule is COC1=CC=C[C@H]2C=C[C@@H]1C(OC)=N2. The minimum Gasteiger partial charge on any atom is -0.500 e. The molecule has 14 heavy (non-hydrogen) atoms. The van der Waals surface area contributed by atoms with Gasteiger partial charge in [-0.2, -0.15) is 0 Å². The molecule has 2 heterocycles. The number of hydrogen-bond acceptors (Lipinski definition) is 3. The van der Waals surface area contributed by atoms with Gasteiger partial charge in [0.1, 0.15) is 11.7 Å². The first kappa shape index (κ1) is 9.06. The molecule has 1 aliphatic carbocycles. The molecule has 0 saturated carbocycles. The van der Waals surface area contributed by atoms with Crippen LogP contribution in [0.5, 0.6) is 0 Å². The Morgan fingerprint density at radius 2 is 2.00 bits per heavy atom. The molecule has 0 spiro atoms. The summed E-state index contributed by atoms with van der Waals surface area (Å²) in [6, 6.07) is 0.107.